The molecule has 5 nitrogen and oxygen atoms in total. The first kappa shape index (κ1) is 15.7. The summed E-state index contributed by atoms with van der Waals surface area (Å²) in [5.74, 6) is -0.134. The Balaban J connectivity index is 1.52. The summed E-state index contributed by atoms with van der Waals surface area (Å²) in [6, 6.07) is 10.1. The van der Waals surface area contributed by atoms with Gasteiger partial charge in [0.15, 0.2) is 5.13 Å². The van der Waals surface area contributed by atoms with Crippen molar-refractivity contribution in [2.24, 2.45) is 0 Å². The molecule has 6 heteroatoms. The predicted molar refractivity (Wildman–Crippen MR) is 90.8 cm³/mol. The molecule has 2 N–H and O–H groups in total. The molecule has 0 aliphatic carbocycles. The number of hydrogen-bond acceptors (Lipinski definition) is 4. The normalized spacial score (nSPS) is 13.8. The van der Waals surface area contributed by atoms with E-state index >= 15 is 0 Å². The lowest BCUT2D eigenvalue weighted by molar-refractivity contribution is -0.116. The van der Waals surface area contributed by atoms with Gasteiger partial charge >= 0.3 is 0 Å². The van der Waals surface area contributed by atoms with Gasteiger partial charge in [-0.2, -0.15) is 0 Å². The van der Waals surface area contributed by atoms with Gasteiger partial charge in [0.25, 0.3) is 5.91 Å². The molecule has 1 aliphatic rings. The Morgan fingerprint density at radius 2 is 2.13 bits per heavy atom. The quantitative estimate of drug-likeness (QED) is 0.886. The first-order chi connectivity index (χ1) is 11.2. The maximum absolute atomic E-state index is 12.0. The second-order valence-electron chi connectivity index (χ2n) is 5.54. The number of aromatic nitrogens is 1. The smallest absolute Gasteiger partial charge is 0.263 e. The molecule has 23 heavy (non-hydrogen) atoms. The fourth-order valence-electron chi connectivity index (χ4n) is 2.57. The second-order valence-corrected chi connectivity index (χ2v) is 6.54. The van der Waals surface area contributed by atoms with Gasteiger partial charge in [0.1, 0.15) is 4.88 Å². The molecule has 1 aliphatic heterocycles. The van der Waals surface area contributed by atoms with Crippen LogP contribution in [0.25, 0.3) is 0 Å². The van der Waals surface area contributed by atoms with Crippen LogP contribution in [0.4, 0.5) is 5.13 Å². The minimum atomic E-state index is -0.0837. The lowest BCUT2D eigenvalue weighted by Crippen LogP contribution is -2.21. The van der Waals surface area contributed by atoms with Crippen molar-refractivity contribution in [1.82, 2.24) is 10.3 Å². The third-order valence-corrected chi connectivity index (χ3v) is 4.75. The first-order valence-electron chi connectivity index (χ1n) is 7.84. The molecule has 120 valence electrons. The van der Waals surface area contributed by atoms with Crippen LogP contribution < -0.4 is 10.6 Å². The number of amides is 2. The highest BCUT2D eigenvalue weighted by molar-refractivity contribution is 7.17. The van der Waals surface area contributed by atoms with Crippen molar-refractivity contribution in [2.75, 3.05) is 11.9 Å². The summed E-state index contributed by atoms with van der Waals surface area (Å²) < 4.78 is 0. The van der Waals surface area contributed by atoms with Crippen LogP contribution in [0, 0.1) is 0 Å². The number of nitrogens with one attached hydrogen (secondary N) is 2. The number of benzene rings is 1. The van der Waals surface area contributed by atoms with Crippen LogP contribution in [0.2, 0.25) is 0 Å². The van der Waals surface area contributed by atoms with Crippen molar-refractivity contribution < 1.29 is 9.59 Å². The predicted octanol–water partition coefficient (Wildman–Crippen LogP) is 2.78. The molecule has 0 unspecified atom stereocenters. The molecule has 0 saturated carbocycles. The molecule has 2 aromatic rings. The van der Waals surface area contributed by atoms with Gasteiger partial charge in [-0.15, -0.1) is 0 Å². The van der Waals surface area contributed by atoms with E-state index in [1.54, 1.807) is 0 Å². The van der Waals surface area contributed by atoms with Gasteiger partial charge in [-0.25, -0.2) is 4.98 Å². The molecule has 1 aromatic carbocycles. The monoisotopic (exact) mass is 329 g/mol. The summed E-state index contributed by atoms with van der Waals surface area (Å²) in [6.45, 7) is 0.684. The topological polar surface area (TPSA) is 71.1 Å². The number of rotatable bonds is 5. The highest BCUT2D eigenvalue weighted by Crippen LogP contribution is 2.25. The third-order valence-electron chi connectivity index (χ3n) is 3.74. The molecule has 0 saturated heterocycles. The van der Waals surface area contributed by atoms with Crippen molar-refractivity contribution in [2.45, 2.75) is 32.1 Å². The Morgan fingerprint density at radius 3 is 2.96 bits per heavy atom. The number of anilines is 1. The van der Waals surface area contributed by atoms with Crippen molar-refractivity contribution in [1.29, 1.82) is 0 Å². The maximum atomic E-state index is 12.0. The van der Waals surface area contributed by atoms with Crippen LogP contribution in [-0.4, -0.2) is 23.3 Å². The SMILES string of the molecule is O=C(CCCc1ccccc1)Nc1nc2c(s1)C(=O)NCCC2. The molecular formula is C17H19N3O2S. The molecule has 0 atom stereocenters. The molecule has 1 aromatic heterocycles. The Morgan fingerprint density at radius 1 is 1.30 bits per heavy atom. The molecule has 2 heterocycles. The number of hydrogen-bond donors (Lipinski definition) is 2. The van der Waals surface area contributed by atoms with Gasteiger partial charge in [-0.1, -0.05) is 41.7 Å². The Hall–Kier alpha value is -2.21. The fraction of sp³-hybridized carbons (Fsp3) is 0.353. The summed E-state index contributed by atoms with van der Waals surface area (Å²) in [5, 5.41) is 6.18. The summed E-state index contributed by atoms with van der Waals surface area (Å²) in [5.41, 5.74) is 2.03. The molecular weight excluding hydrogens is 310 g/mol. The van der Waals surface area contributed by atoms with E-state index in [9.17, 15) is 9.59 Å². The van der Waals surface area contributed by atoms with Crippen molar-refractivity contribution in [3.8, 4) is 0 Å². The lowest BCUT2D eigenvalue weighted by atomic mass is 10.1. The zero-order valence-electron chi connectivity index (χ0n) is 12.8. The standard InChI is InChI=1S/C17H19N3O2S/c21-14(10-4-8-12-6-2-1-3-7-12)20-17-19-13-9-5-11-18-16(22)15(13)23-17/h1-3,6-7H,4-5,8-11H2,(H,18,22)(H,19,20,21). The molecule has 2 amide bonds. The van der Waals surface area contributed by atoms with Gasteiger partial charge in [0, 0.05) is 13.0 Å². The highest BCUT2D eigenvalue weighted by atomic mass is 32.1. The van der Waals surface area contributed by atoms with Gasteiger partial charge in [0.05, 0.1) is 5.69 Å². The zero-order valence-corrected chi connectivity index (χ0v) is 13.6. The summed E-state index contributed by atoms with van der Waals surface area (Å²) >= 11 is 1.26. The van der Waals surface area contributed by atoms with Gasteiger partial charge in [-0.3, -0.25) is 9.59 Å². The van der Waals surface area contributed by atoms with E-state index in [0.717, 1.165) is 31.4 Å². The number of fused-ring (bicyclic) bond motifs is 1. The molecule has 0 fully saturated rings. The third kappa shape index (κ3) is 4.16. The number of nitrogens with zero attached hydrogens (tertiary/aromatic N) is 1. The van der Waals surface area contributed by atoms with E-state index in [4.69, 9.17) is 0 Å². The van der Waals surface area contributed by atoms with Gasteiger partial charge in [0.2, 0.25) is 5.91 Å². The minimum Gasteiger partial charge on any atom is -0.351 e. The molecule has 3 rings (SSSR count). The molecule has 0 spiro atoms. The van der Waals surface area contributed by atoms with E-state index < -0.39 is 0 Å². The number of carbonyl (C=O) groups excluding carboxylic acids is 2. The second kappa shape index (κ2) is 7.37. The Kier molecular flexibility index (Phi) is 5.02. The average molecular weight is 329 g/mol. The number of carbonyl (C=O) groups is 2. The largest absolute Gasteiger partial charge is 0.351 e. The molecule has 0 radical (unpaired) electrons. The highest BCUT2D eigenvalue weighted by Gasteiger charge is 2.21. The summed E-state index contributed by atoms with van der Waals surface area (Å²) in [4.78, 5) is 28.9. The van der Waals surface area contributed by atoms with Crippen LogP contribution in [0.15, 0.2) is 30.3 Å². The van der Waals surface area contributed by atoms with Crippen LogP contribution >= 0.6 is 11.3 Å². The summed E-state index contributed by atoms with van der Waals surface area (Å²) in [7, 11) is 0. The molecule has 0 bridgehead atoms. The lowest BCUT2D eigenvalue weighted by Gasteiger charge is -2.02. The van der Waals surface area contributed by atoms with Crippen molar-refractivity contribution >= 4 is 28.3 Å². The number of thiazole rings is 1. The van der Waals surface area contributed by atoms with Crippen LogP contribution in [0.1, 0.15) is 40.2 Å². The maximum Gasteiger partial charge on any atom is 0.263 e. The number of aryl methyl sites for hydroxylation is 2. The Labute approximate surface area is 139 Å². The van der Waals surface area contributed by atoms with E-state index in [0.29, 0.717) is 23.0 Å². The van der Waals surface area contributed by atoms with Crippen LogP contribution in [0.5, 0.6) is 0 Å². The average Bonchev–Trinajstić information content (AvgIpc) is 2.87. The van der Waals surface area contributed by atoms with E-state index in [1.807, 2.05) is 18.2 Å². The zero-order chi connectivity index (χ0) is 16.1. The van der Waals surface area contributed by atoms with Gasteiger partial charge < -0.3 is 10.6 Å². The van der Waals surface area contributed by atoms with E-state index in [1.165, 1.54) is 16.9 Å². The van der Waals surface area contributed by atoms with Crippen molar-refractivity contribution in [3.63, 3.8) is 0 Å². The van der Waals surface area contributed by atoms with E-state index in [2.05, 4.69) is 27.8 Å². The fourth-order valence-corrected chi connectivity index (χ4v) is 3.51. The van der Waals surface area contributed by atoms with Crippen LogP contribution in [0.3, 0.4) is 0 Å². The summed E-state index contributed by atoms with van der Waals surface area (Å²) in [6.07, 6.45) is 3.78. The van der Waals surface area contributed by atoms with Gasteiger partial charge in [-0.05, 0) is 31.2 Å². The first-order valence-corrected chi connectivity index (χ1v) is 8.66. The van der Waals surface area contributed by atoms with Crippen molar-refractivity contribution in [3.05, 3.63) is 46.5 Å². The van der Waals surface area contributed by atoms with Crippen LogP contribution in [-0.2, 0) is 17.6 Å². The minimum absolute atomic E-state index is 0.0507. The Bertz CT molecular complexity index is 697. The van der Waals surface area contributed by atoms with E-state index in [-0.39, 0.29) is 11.8 Å².